The summed E-state index contributed by atoms with van der Waals surface area (Å²) in [4.78, 5) is 0. The normalized spacial score (nSPS) is 11.3. The van der Waals surface area contributed by atoms with E-state index in [2.05, 4.69) is 22.3 Å². The highest BCUT2D eigenvalue weighted by atomic mass is 32.2. The highest BCUT2D eigenvalue weighted by Gasteiger charge is 2.05. The number of hydrogen-bond donors (Lipinski definition) is 2. The Morgan fingerprint density at radius 1 is 1.25 bits per heavy atom. The molecule has 0 unspecified atom stereocenters. The molecule has 5 nitrogen and oxygen atoms in total. The average Bonchev–Trinajstić information content (AvgIpc) is 2.74. The van der Waals surface area contributed by atoms with Crippen LogP contribution < -0.4 is 10.0 Å². The molecule has 0 aliphatic rings. The van der Waals surface area contributed by atoms with E-state index in [-0.39, 0.29) is 0 Å². The molecule has 0 atom stereocenters. The molecule has 0 saturated heterocycles. The van der Waals surface area contributed by atoms with Crippen molar-refractivity contribution in [2.75, 3.05) is 16.3 Å². The zero-order valence-electron chi connectivity index (χ0n) is 11.8. The molecule has 1 aromatic heterocycles. The maximum absolute atomic E-state index is 11.2. The maximum Gasteiger partial charge on any atom is 0.229 e. The lowest BCUT2D eigenvalue weighted by Gasteiger charge is -2.11. The number of aromatic nitrogens is 1. The van der Waals surface area contributed by atoms with Gasteiger partial charge in [-0.1, -0.05) is 0 Å². The zero-order valence-corrected chi connectivity index (χ0v) is 12.7. The van der Waals surface area contributed by atoms with Crippen molar-refractivity contribution < 1.29 is 8.42 Å². The van der Waals surface area contributed by atoms with Crippen LogP contribution in [0.15, 0.2) is 36.7 Å². The van der Waals surface area contributed by atoms with Gasteiger partial charge in [0, 0.05) is 31.7 Å². The Bertz CT molecular complexity index is 705. The van der Waals surface area contributed by atoms with E-state index in [0.717, 1.165) is 24.1 Å². The molecule has 0 amide bonds. The molecule has 1 aromatic carbocycles. The fourth-order valence-corrected chi connectivity index (χ4v) is 2.59. The first kappa shape index (κ1) is 14.5. The van der Waals surface area contributed by atoms with Crippen molar-refractivity contribution in [2.24, 2.45) is 7.05 Å². The van der Waals surface area contributed by atoms with Gasteiger partial charge in [-0.05, 0) is 42.3 Å². The SMILES string of the molecule is Cc1cc(NCc2ccn(C)c2)ccc1NS(C)(=O)=O. The Hall–Kier alpha value is -1.95. The monoisotopic (exact) mass is 293 g/mol. The predicted octanol–water partition coefficient (Wildman–Crippen LogP) is 2.32. The molecular formula is C14H19N3O2S. The van der Waals surface area contributed by atoms with Gasteiger partial charge in [-0.2, -0.15) is 0 Å². The molecule has 1 heterocycles. The van der Waals surface area contributed by atoms with E-state index in [1.165, 1.54) is 5.56 Å². The van der Waals surface area contributed by atoms with E-state index in [1.807, 2.05) is 36.9 Å². The lowest BCUT2D eigenvalue weighted by atomic mass is 10.2. The van der Waals surface area contributed by atoms with Crippen molar-refractivity contribution in [2.45, 2.75) is 13.5 Å². The minimum atomic E-state index is -3.24. The van der Waals surface area contributed by atoms with Crippen LogP contribution in [-0.2, 0) is 23.6 Å². The summed E-state index contributed by atoms with van der Waals surface area (Å²) in [6.07, 6.45) is 5.20. The Kier molecular flexibility index (Phi) is 4.04. The van der Waals surface area contributed by atoms with Gasteiger partial charge in [0.2, 0.25) is 10.0 Å². The number of anilines is 2. The molecule has 2 aromatic rings. The molecule has 0 radical (unpaired) electrons. The van der Waals surface area contributed by atoms with Crippen molar-refractivity contribution in [3.63, 3.8) is 0 Å². The standard InChI is InChI=1S/C14H19N3O2S/c1-11-8-13(4-5-14(11)16-20(3,18)19)15-9-12-6-7-17(2)10-12/h4-8,10,15-16H,9H2,1-3H3. The third-order valence-corrected chi connectivity index (χ3v) is 3.50. The molecule has 108 valence electrons. The smallest absolute Gasteiger partial charge is 0.229 e. The molecule has 6 heteroatoms. The summed E-state index contributed by atoms with van der Waals surface area (Å²) in [6, 6.07) is 7.61. The van der Waals surface area contributed by atoms with Crippen LogP contribution in [0.1, 0.15) is 11.1 Å². The van der Waals surface area contributed by atoms with E-state index >= 15 is 0 Å². The first-order valence-corrected chi connectivity index (χ1v) is 8.16. The number of sulfonamides is 1. The Morgan fingerprint density at radius 3 is 2.55 bits per heavy atom. The first-order valence-electron chi connectivity index (χ1n) is 6.27. The summed E-state index contributed by atoms with van der Waals surface area (Å²) in [5, 5.41) is 3.31. The third kappa shape index (κ3) is 4.03. The minimum absolute atomic E-state index is 0.609. The largest absolute Gasteiger partial charge is 0.381 e. The fraction of sp³-hybridized carbons (Fsp3) is 0.286. The van der Waals surface area contributed by atoms with Crippen LogP contribution in [0.2, 0.25) is 0 Å². The number of benzene rings is 1. The van der Waals surface area contributed by atoms with Crippen LogP contribution in [0.4, 0.5) is 11.4 Å². The second-order valence-corrected chi connectivity index (χ2v) is 6.69. The molecule has 0 aliphatic heterocycles. The van der Waals surface area contributed by atoms with Crippen LogP contribution in [0.25, 0.3) is 0 Å². The highest BCUT2D eigenvalue weighted by Crippen LogP contribution is 2.21. The minimum Gasteiger partial charge on any atom is -0.381 e. The van der Waals surface area contributed by atoms with Gasteiger partial charge >= 0.3 is 0 Å². The molecule has 0 aliphatic carbocycles. The van der Waals surface area contributed by atoms with Crippen LogP contribution in [-0.4, -0.2) is 19.2 Å². The number of hydrogen-bond acceptors (Lipinski definition) is 3. The van der Waals surface area contributed by atoms with Gasteiger partial charge in [0.1, 0.15) is 0 Å². The number of rotatable bonds is 5. The predicted molar refractivity (Wildman–Crippen MR) is 82.4 cm³/mol. The Labute approximate surface area is 119 Å². The van der Waals surface area contributed by atoms with Crippen LogP contribution >= 0.6 is 0 Å². The Morgan fingerprint density at radius 2 is 2.00 bits per heavy atom. The van der Waals surface area contributed by atoms with E-state index in [0.29, 0.717) is 5.69 Å². The zero-order chi connectivity index (χ0) is 14.8. The molecule has 20 heavy (non-hydrogen) atoms. The lowest BCUT2D eigenvalue weighted by Crippen LogP contribution is -2.10. The second-order valence-electron chi connectivity index (χ2n) is 4.94. The number of nitrogens with one attached hydrogen (secondary N) is 2. The van der Waals surface area contributed by atoms with E-state index in [1.54, 1.807) is 6.07 Å². The van der Waals surface area contributed by atoms with Gasteiger partial charge < -0.3 is 9.88 Å². The van der Waals surface area contributed by atoms with Crippen molar-refractivity contribution in [1.82, 2.24) is 4.57 Å². The van der Waals surface area contributed by atoms with Gasteiger partial charge in [-0.25, -0.2) is 8.42 Å². The molecule has 0 fully saturated rings. The lowest BCUT2D eigenvalue weighted by molar-refractivity contribution is 0.607. The molecule has 0 bridgehead atoms. The van der Waals surface area contributed by atoms with Gasteiger partial charge in [-0.3, -0.25) is 4.72 Å². The van der Waals surface area contributed by atoms with Crippen molar-refractivity contribution in [1.29, 1.82) is 0 Å². The van der Waals surface area contributed by atoms with Crippen molar-refractivity contribution in [3.8, 4) is 0 Å². The van der Waals surface area contributed by atoms with Crippen LogP contribution in [0, 0.1) is 6.92 Å². The second kappa shape index (κ2) is 5.58. The molecule has 2 N–H and O–H groups in total. The Balaban J connectivity index is 2.05. The maximum atomic E-state index is 11.2. The summed E-state index contributed by atoms with van der Waals surface area (Å²) in [5.41, 5.74) is 3.65. The van der Waals surface area contributed by atoms with E-state index < -0.39 is 10.0 Å². The van der Waals surface area contributed by atoms with Gasteiger partial charge in [-0.15, -0.1) is 0 Å². The van der Waals surface area contributed by atoms with E-state index in [4.69, 9.17) is 0 Å². The van der Waals surface area contributed by atoms with Crippen LogP contribution in [0.3, 0.4) is 0 Å². The van der Waals surface area contributed by atoms with Crippen molar-refractivity contribution in [3.05, 3.63) is 47.8 Å². The van der Waals surface area contributed by atoms with Gasteiger partial charge in [0.25, 0.3) is 0 Å². The summed E-state index contributed by atoms with van der Waals surface area (Å²) >= 11 is 0. The number of nitrogens with zero attached hydrogens (tertiary/aromatic N) is 1. The summed E-state index contributed by atoms with van der Waals surface area (Å²) < 4.78 is 26.9. The van der Waals surface area contributed by atoms with Gasteiger partial charge in [0.15, 0.2) is 0 Å². The first-order chi connectivity index (χ1) is 9.33. The van der Waals surface area contributed by atoms with Crippen LogP contribution in [0.5, 0.6) is 0 Å². The highest BCUT2D eigenvalue weighted by molar-refractivity contribution is 7.92. The molecule has 0 saturated carbocycles. The van der Waals surface area contributed by atoms with E-state index in [9.17, 15) is 8.42 Å². The fourth-order valence-electron chi connectivity index (χ4n) is 1.96. The third-order valence-electron chi connectivity index (χ3n) is 2.91. The molecular weight excluding hydrogens is 274 g/mol. The summed E-state index contributed by atoms with van der Waals surface area (Å²) in [6.45, 7) is 2.61. The number of aryl methyl sites for hydroxylation is 2. The van der Waals surface area contributed by atoms with Crippen molar-refractivity contribution >= 4 is 21.4 Å². The summed E-state index contributed by atoms with van der Waals surface area (Å²) in [5.74, 6) is 0. The quantitative estimate of drug-likeness (QED) is 0.889. The average molecular weight is 293 g/mol. The topological polar surface area (TPSA) is 63.1 Å². The van der Waals surface area contributed by atoms with Gasteiger partial charge in [0.05, 0.1) is 11.9 Å². The molecule has 2 rings (SSSR count). The summed E-state index contributed by atoms with van der Waals surface area (Å²) in [7, 11) is -1.25. The molecule has 0 spiro atoms.